The minimum Gasteiger partial charge on any atom is -0.466 e. The van der Waals surface area contributed by atoms with Crippen LogP contribution in [0.3, 0.4) is 0 Å². The smallest absolute Gasteiger partial charge is 0.337 e. The molecule has 0 unspecified atom stereocenters. The summed E-state index contributed by atoms with van der Waals surface area (Å²) in [5.74, 6) is -1.03. The summed E-state index contributed by atoms with van der Waals surface area (Å²) in [6.45, 7) is 1.87. The molecular weight excluding hydrogens is 386 g/mol. The largest absolute Gasteiger partial charge is 0.466 e. The van der Waals surface area contributed by atoms with Crippen molar-refractivity contribution in [1.82, 2.24) is 4.90 Å². The third-order valence-corrected chi connectivity index (χ3v) is 5.62. The number of β-amino-alcohol motifs (C(OH)–C–C–N with tert-alkyl or cyclic N) is 1. The van der Waals surface area contributed by atoms with Crippen LogP contribution in [0, 0.1) is 12.8 Å². The van der Waals surface area contributed by atoms with E-state index in [0.29, 0.717) is 11.4 Å². The van der Waals surface area contributed by atoms with Gasteiger partial charge in [-0.2, -0.15) is 0 Å². The second-order valence-electron chi connectivity index (χ2n) is 7.79. The van der Waals surface area contributed by atoms with Crippen molar-refractivity contribution in [3.8, 4) is 0 Å². The third kappa shape index (κ3) is 4.81. The Morgan fingerprint density at radius 2 is 1.93 bits per heavy atom. The standard InChI is InChI=1S/C22H29N3O5/c1-14-8-9-17(24-20(27)15-6-4-3-5-7-15)18(12-14)23-19-16(22(29)30-2)13-25(10-11-26)21(19)28/h8-9,12,15,23,26H,3-7,10-11,13H2,1-2H3,(H,24,27). The number of carbonyl (C=O) groups is 3. The molecule has 1 aromatic rings. The Morgan fingerprint density at radius 1 is 1.20 bits per heavy atom. The van der Waals surface area contributed by atoms with Crippen LogP contribution in [0.25, 0.3) is 0 Å². The van der Waals surface area contributed by atoms with E-state index in [9.17, 15) is 19.5 Å². The lowest BCUT2D eigenvalue weighted by Gasteiger charge is -2.22. The first-order valence-corrected chi connectivity index (χ1v) is 10.3. The van der Waals surface area contributed by atoms with Gasteiger partial charge >= 0.3 is 5.97 Å². The molecule has 8 heteroatoms. The molecule has 0 atom stereocenters. The summed E-state index contributed by atoms with van der Waals surface area (Å²) in [6, 6.07) is 5.49. The van der Waals surface area contributed by atoms with Crippen LogP contribution >= 0.6 is 0 Å². The van der Waals surface area contributed by atoms with Gasteiger partial charge in [0.05, 0.1) is 37.2 Å². The molecule has 0 bridgehead atoms. The van der Waals surface area contributed by atoms with Crippen LogP contribution in [0.15, 0.2) is 29.5 Å². The molecule has 0 aromatic heterocycles. The third-order valence-electron chi connectivity index (χ3n) is 5.62. The van der Waals surface area contributed by atoms with Gasteiger partial charge < -0.3 is 25.4 Å². The number of esters is 1. The highest BCUT2D eigenvalue weighted by atomic mass is 16.5. The van der Waals surface area contributed by atoms with Gasteiger partial charge in [-0.15, -0.1) is 0 Å². The first kappa shape index (κ1) is 21.8. The van der Waals surface area contributed by atoms with E-state index in [0.717, 1.165) is 37.7 Å². The quantitative estimate of drug-likeness (QED) is 0.589. The fourth-order valence-corrected chi connectivity index (χ4v) is 3.95. The predicted octanol–water partition coefficient (Wildman–Crippen LogP) is 2.19. The minimum atomic E-state index is -0.605. The maximum Gasteiger partial charge on any atom is 0.337 e. The van der Waals surface area contributed by atoms with Crippen molar-refractivity contribution < 1.29 is 24.2 Å². The van der Waals surface area contributed by atoms with Crippen molar-refractivity contribution >= 4 is 29.2 Å². The monoisotopic (exact) mass is 415 g/mol. The summed E-state index contributed by atoms with van der Waals surface area (Å²) < 4.78 is 4.83. The number of nitrogens with one attached hydrogen (secondary N) is 2. The van der Waals surface area contributed by atoms with Crippen LogP contribution in [0.4, 0.5) is 11.4 Å². The van der Waals surface area contributed by atoms with Crippen LogP contribution in [0.2, 0.25) is 0 Å². The Labute approximate surface area is 176 Å². The summed E-state index contributed by atoms with van der Waals surface area (Å²) >= 11 is 0. The second-order valence-corrected chi connectivity index (χ2v) is 7.79. The number of hydrogen-bond acceptors (Lipinski definition) is 6. The van der Waals surface area contributed by atoms with Crippen molar-refractivity contribution in [2.24, 2.45) is 5.92 Å². The number of methoxy groups -OCH3 is 1. The molecule has 0 spiro atoms. The van der Waals surface area contributed by atoms with Crippen LogP contribution in [0.5, 0.6) is 0 Å². The molecule has 1 heterocycles. The Kier molecular flexibility index (Phi) is 7.10. The average molecular weight is 415 g/mol. The van der Waals surface area contributed by atoms with Gasteiger partial charge in [-0.3, -0.25) is 9.59 Å². The highest BCUT2D eigenvalue weighted by Crippen LogP contribution is 2.30. The van der Waals surface area contributed by atoms with Crippen molar-refractivity contribution in [2.75, 3.05) is 37.4 Å². The van der Waals surface area contributed by atoms with E-state index in [4.69, 9.17) is 4.74 Å². The Balaban J connectivity index is 1.87. The zero-order valence-electron chi connectivity index (χ0n) is 17.5. The molecule has 1 saturated carbocycles. The van der Waals surface area contributed by atoms with Crippen molar-refractivity contribution in [2.45, 2.75) is 39.0 Å². The van der Waals surface area contributed by atoms with Gasteiger partial charge in [0.1, 0.15) is 5.70 Å². The van der Waals surface area contributed by atoms with E-state index in [1.165, 1.54) is 12.0 Å². The molecule has 0 saturated heterocycles. The number of carbonyl (C=O) groups excluding carboxylic acids is 3. The van der Waals surface area contributed by atoms with Crippen molar-refractivity contribution in [3.05, 3.63) is 35.0 Å². The maximum atomic E-state index is 12.8. The van der Waals surface area contributed by atoms with Crippen molar-refractivity contribution in [3.63, 3.8) is 0 Å². The molecule has 1 aromatic carbocycles. The fraction of sp³-hybridized carbons (Fsp3) is 0.500. The van der Waals surface area contributed by atoms with E-state index < -0.39 is 11.9 Å². The van der Waals surface area contributed by atoms with E-state index in [1.807, 2.05) is 19.1 Å². The Morgan fingerprint density at radius 3 is 2.60 bits per heavy atom. The number of ether oxygens (including phenoxy) is 1. The molecule has 8 nitrogen and oxygen atoms in total. The molecule has 1 aliphatic carbocycles. The van der Waals surface area contributed by atoms with Crippen LogP contribution in [0.1, 0.15) is 37.7 Å². The van der Waals surface area contributed by atoms with E-state index in [2.05, 4.69) is 10.6 Å². The van der Waals surface area contributed by atoms with E-state index in [-0.39, 0.29) is 42.8 Å². The van der Waals surface area contributed by atoms with Gasteiger partial charge in [0.15, 0.2) is 0 Å². The maximum absolute atomic E-state index is 12.8. The average Bonchev–Trinajstić information content (AvgIpc) is 3.06. The number of anilines is 2. The van der Waals surface area contributed by atoms with E-state index in [1.54, 1.807) is 6.07 Å². The molecule has 2 amide bonds. The topological polar surface area (TPSA) is 108 Å². The molecule has 0 radical (unpaired) electrons. The number of aliphatic hydroxyl groups is 1. The van der Waals surface area contributed by atoms with Crippen molar-refractivity contribution in [1.29, 1.82) is 0 Å². The number of benzene rings is 1. The lowest BCUT2D eigenvalue weighted by atomic mass is 9.88. The number of aliphatic hydroxyl groups excluding tert-OH is 1. The molecule has 1 aliphatic heterocycles. The minimum absolute atomic E-state index is 0.00842. The Hall–Kier alpha value is -2.87. The molecule has 3 rings (SSSR count). The molecule has 2 aliphatic rings. The summed E-state index contributed by atoms with van der Waals surface area (Å²) in [7, 11) is 1.26. The lowest BCUT2D eigenvalue weighted by Crippen LogP contribution is -2.31. The lowest BCUT2D eigenvalue weighted by molar-refractivity contribution is -0.136. The second kappa shape index (κ2) is 9.75. The van der Waals surface area contributed by atoms with Gasteiger partial charge in [-0.25, -0.2) is 4.79 Å². The summed E-state index contributed by atoms with van der Waals surface area (Å²) in [5.41, 5.74) is 2.33. The first-order chi connectivity index (χ1) is 14.4. The SMILES string of the molecule is COC(=O)C1=C(Nc2cc(C)ccc2NC(=O)C2CCCCC2)C(=O)N(CCO)C1. The van der Waals surface area contributed by atoms with Gasteiger partial charge in [0.2, 0.25) is 5.91 Å². The van der Waals surface area contributed by atoms with Crippen LogP contribution < -0.4 is 10.6 Å². The summed E-state index contributed by atoms with van der Waals surface area (Å²) in [5, 5.41) is 15.2. The molecule has 1 fully saturated rings. The number of amides is 2. The number of rotatable bonds is 7. The number of nitrogens with zero attached hydrogens (tertiary/aromatic N) is 1. The fourth-order valence-electron chi connectivity index (χ4n) is 3.95. The van der Waals surface area contributed by atoms with Crippen LogP contribution in [-0.4, -0.2) is 54.6 Å². The summed E-state index contributed by atoms with van der Waals surface area (Å²) in [4.78, 5) is 39.1. The highest BCUT2D eigenvalue weighted by molar-refractivity contribution is 6.09. The number of hydrogen-bond donors (Lipinski definition) is 3. The predicted molar refractivity (Wildman–Crippen MR) is 113 cm³/mol. The molecule has 3 N–H and O–H groups in total. The van der Waals surface area contributed by atoms with Gasteiger partial charge in [-0.05, 0) is 37.5 Å². The van der Waals surface area contributed by atoms with Crippen LogP contribution in [-0.2, 0) is 19.1 Å². The van der Waals surface area contributed by atoms with E-state index >= 15 is 0 Å². The zero-order valence-corrected chi connectivity index (χ0v) is 17.5. The number of aryl methyl sites for hydroxylation is 1. The molecule has 30 heavy (non-hydrogen) atoms. The molecule has 162 valence electrons. The van der Waals surface area contributed by atoms with Gasteiger partial charge in [-0.1, -0.05) is 25.3 Å². The molecular formula is C22H29N3O5. The normalized spacial score (nSPS) is 17.3. The summed E-state index contributed by atoms with van der Waals surface area (Å²) in [6.07, 6.45) is 5.04. The highest BCUT2D eigenvalue weighted by Gasteiger charge is 2.35. The first-order valence-electron chi connectivity index (χ1n) is 10.3. The Bertz CT molecular complexity index is 858. The zero-order chi connectivity index (χ0) is 21.7. The van der Waals surface area contributed by atoms with Gasteiger partial charge in [0, 0.05) is 12.5 Å². The van der Waals surface area contributed by atoms with Gasteiger partial charge in [0.25, 0.3) is 5.91 Å².